The molecule has 0 atom stereocenters. The number of ether oxygens (including phenoxy) is 1. The summed E-state index contributed by atoms with van der Waals surface area (Å²) in [4.78, 5) is 0. The van der Waals surface area contributed by atoms with Crippen LogP contribution in [0.2, 0.25) is 5.04 Å². The third-order valence-corrected chi connectivity index (χ3v) is 10.8. The van der Waals surface area contributed by atoms with Crippen LogP contribution < -0.4 is 15.1 Å². The highest BCUT2D eigenvalue weighted by Crippen LogP contribution is 2.36. The topological polar surface area (TPSA) is 18.5 Å². The van der Waals surface area contributed by atoms with E-state index in [1.165, 1.54) is 10.4 Å². The molecule has 0 N–H and O–H groups in total. The summed E-state index contributed by atoms with van der Waals surface area (Å²) in [5.41, 5.74) is 0.970. The number of hydrogen-bond donors (Lipinski definition) is 0. The summed E-state index contributed by atoms with van der Waals surface area (Å²) in [7, 11) is -0.781. The van der Waals surface area contributed by atoms with Gasteiger partial charge in [-0.3, -0.25) is 0 Å². The molecule has 0 saturated heterocycles. The van der Waals surface area contributed by atoms with E-state index in [2.05, 4.69) is 105 Å². The van der Waals surface area contributed by atoms with Crippen molar-refractivity contribution in [1.82, 2.24) is 0 Å². The van der Waals surface area contributed by atoms with Crippen LogP contribution in [0.1, 0.15) is 39.2 Å². The fraction of sp³-hybridized carbons (Fsp3) is 0.267. The highest BCUT2D eigenvalue weighted by atomic mass is 28.4. The molecule has 0 radical (unpaired) electrons. The van der Waals surface area contributed by atoms with Gasteiger partial charge in [-0.2, -0.15) is 0 Å². The van der Waals surface area contributed by atoms with Crippen molar-refractivity contribution in [2.24, 2.45) is 0 Å². The predicted octanol–water partition coefficient (Wildman–Crippen LogP) is 5.96. The molecule has 0 unspecified atom stereocenters. The Morgan fingerprint density at radius 1 is 0.818 bits per heavy atom. The van der Waals surface area contributed by atoms with Crippen molar-refractivity contribution >= 4 is 18.7 Å². The molecule has 0 aromatic heterocycles. The summed E-state index contributed by atoms with van der Waals surface area (Å²) >= 11 is 0. The van der Waals surface area contributed by atoms with E-state index in [4.69, 9.17) is 9.16 Å². The predicted molar refractivity (Wildman–Crippen MR) is 142 cm³/mol. The summed E-state index contributed by atoms with van der Waals surface area (Å²) < 4.78 is 12.2. The molecule has 3 rings (SSSR count). The molecule has 170 valence electrons. The largest absolute Gasteiger partial charge is 0.497 e. The second-order valence-electron chi connectivity index (χ2n) is 9.01. The highest BCUT2D eigenvalue weighted by molar-refractivity contribution is 6.99. The molecule has 3 aromatic carbocycles. The Morgan fingerprint density at radius 2 is 1.45 bits per heavy atom. The molecule has 0 fully saturated rings. The van der Waals surface area contributed by atoms with Crippen LogP contribution in [-0.2, 0) is 4.43 Å². The molecule has 33 heavy (non-hydrogen) atoms. The molecule has 0 aliphatic heterocycles. The summed E-state index contributed by atoms with van der Waals surface area (Å²) in [6, 6.07) is 29.4. The monoisotopic (exact) mass is 454 g/mol. The van der Waals surface area contributed by atoms with E-state index in [1.54, 1.807) is 7.11 Å². The Balaban J connectivity index is 1.68. The molecular formula is C30H34O2Si. The van der Waals surface area contributed by atoms with Crippen LogP contribution >= 0.6 is 0 Å². The van der Waals surface area contributed by atoms with E-state index in [9.17, 15) is 0 Å². The van der Waals surface area contributed by atoms with E-state index in [0.29, 0.717) is 6.61 Å². The van der Waals surface area contributed by atoms with Gasteiger partial charge < -0.3 is 9.16 Å². The molecular weight excluding hydrogens is 420 g/mol. The van der Waals surface area contributed by atoms with Gasteiger partial charge in [0.15, 0.2) is 0 Å². The van der Waals surface area contributed by atoms with Crippen LogP contribution in [0.4, 0.5) is 0 Å². The van der Waals surface area contributed by atoms with Crippen LogP contribution in [-0.4, -0.2) is 22.0 Å². The van der Waals surface area contributed by atoms with Crippen molar-refractivity contribution in [3.05, 3.63) is 103 Å². The van der Waals surface area contributed by atoms with Crippen molar-refractivity contribution in [3.63, 3.8) is 0 Å². The van der Waals surface area contributed by atoms with Gasteiger partial charge in [0.2, 0.25) is 0 Å². The first-order chi connectivity index (χ1) is 16.0. The zero-order chi connectivity index (χ0) is 23.6. The van der Waals surface area contributed by atoms with E-state index >= 15 is 0 Å². The molecule has 0 amide bonds. The summed E-state index contributed by atoms with van der Waals surface area (Å²) in [5.74, 6) is 7.23. The minimum Gasteiger partial charge on any atom is -0.497 e. The second-order valence-corrected chi connectivity index (χ2v) is 13.3. The smallest absolute Gasteiger partial charge is 0.261 e. The fourth-order valence-electron chi connectivity index (χ4n) is 4.16. The standard InChI is InChI=1S/C30H34O2Si/c1-30(2,3)33(28-20-11-8-12-21-28,29-22-13-9-14-23-29)32-24-15-7-5-6-10-17-26-18-16-19-27(25-26)31-4/h5,7-9,11-14,16,18-23,25H,6,15,24H2,1-4H3/b7-5+. The third kappa shape index (κ3) is 6.26. The van der Waals surface area contributed by atoms with Gasteiger partial charge in [-0.25, -0.2) is 0 Å². The Kier molecular flexibility index (Phi) is 8.71. The molecule has 0 aliphatic rings. The third-order valence-electron chi connectivity index (χ3n) is 5.71. The lowest BCUT2D eigenvalue weighted by Crippen LogP contribution is -2.66. The van der Waals surface area contributed by atoms with Crippen LogP contribution in [0, 0.1) is 11.8 Å². The van der Waals surface area contributed by atoms with Gasteiger partial charge in [0.05, 0.1) is 7.11 Å². The summed E-state index contributed by atoms with van der Waals surface area (Å²) in [6.45, 7) is 7.61. The lowest BCUT2D eigenvalue weighted by Gasteiger charge is -2.43. The molecule has 0 saturated carbocycles. The molecule has 3 aromatic rings. The van der Waals surface area contributed by atoms with Gasteiger partial charge in [-0.1, -0.05) is 111 Å². The average Bonchev–Trinajstić information content (AvgIpc) is 2.83. The van der Waals surface area contributed by atoms with E-state index < -0.39 is 8.32 Å². The second kappa shape index (κ2) is 11.7. The summed E-state index contributed by atoms with van der Waals surface area (Å²) in [6.07, 6.45) is 5.89. The van der Waals surface area contributed by atoms with E-state index in [0.717, 1.165) is 24.2 Å². The van der Waals surface area contributed by atoms with Crippen LogP contribution in [0.5, 0.6) is 5.75 Å². The van der Waals surface area contributed by atoms with Crippen molar-refractivity contribution < 1.29 is 9.16 Å². The van der Waals surface area contributed by atoms with E-state index in [-0.39, 0.29) is 5.04 Å². The van der Waals surface area contributed by atoms with Gasteiger partial charge in [-0.05, 0) is 40.0 Å². The lowest BCUT2D eigenvalue weighted by molar-refractivity contribution is 0.304. The van der Waals surface area contributed by atoms with Gasteiger partial charge >= 0.3 is 0 Å². The van der Waals surface area contributed by atoms with Crippen molar-refractivity contribution in [3.8, 4) is 17.6 Å². The van der Waals surface area contributed by atoms with Crippen LogP contribution in [0.25, 0.3) is 0 Å². The molecule has 0 heterocycles. The number of benzene rings is 3. The van der Waals surface area contributed by atoms with Crippen molar-refractivity contribution in [2.45, 2.75) is 38.7 Å². The minimum absolute atomic E-state index is 0.00162. The Bertz CT molecular complexity index is 1050. The van der Waals surface area contributed by atoms with Gasteiger partial charge in [0.25, 0.3) is 8.32 Å². The minimum atomic E-state index is -2.45. The zero-order valence-electron chi connectivity index (χ0n) is 20.2. The first kappa shape index (κ1) is 24.6. The Labute approximate surface area is 200 Å². The summed E-state index contributed by atoms with van der Waals surface area (Å²) in [5, 5.41) is 2.63. The normalized spacial score (nSPS) is 11.8. The van der Waals surface area contributed by atoms with Gasteiger partial charge in [0.1, 0.15) is 5.75 Å². The quantitative estimate of drug-likeness (QED) is 0.181. The Morgan fingerprint density at radius 3 is 2.03 bits per heavy atom. The molecule has 3 heteroatoms. The number of allylic oxidation sites excluding steroid dienone is 1. The van der Waals surface area contributed by atoms with Gasteiger partial charge in [0, 0.05) is 18.6 Å². The van der Waals surface area contributed by atoms with Crippen LogP contribution in [0.3, 0.4) is 0 Å². The lowest BCUT2D eigenvalue weighted by atomic mass is 10.2. The maximum absolute atomic E-state index is 6.91. The zero-order valence-corrected chi connectivity index (χ0v) is 21.2. The van der Waals surface area contributed by atoms with Crippen molar-refractivity contribution in [1.29, 1.82) is 0 Å². The first-order valence-electron chi connectivity index (χ1n) is 11.5. The number of hydrogen-bond acceptors (Lipinski definition) is 2. The fourth-order valence-corrected chi connectivity index (χ4v) is 8.74. The molecule has 0 aliphatic carbocycles. The molecule has 2 nitrogen and oxygen atoms in total. The maximum atomic E-state index is 6.91. The number of rotatable bonds is 8. The molecule has 0 spiro atoms. The van der Waals surface area contributed by atoms with Gasteiger partial charge in [-0.15, -0.1) is 0 Å². The maximum Gasteiger partial charge on any atom is 0.261 e. The SMILES string of the molecule is COc1cccc(C#CC/C=C/CCO[Si](c2ccccc2)(c2ccccc2)C(C)(C)C)c1. The average molecular weight is 455 g/mol. The molecule has 0 bridgehead atoms. The van der Waals surface area contributed by atoms with E-state index in [1.807, 2.05) is 24.3 Å². The highest BCUT2D eigenvalue weighted by Gasteiger charge is 2.49. The number of methoxy groups -OCH3 is 1. The van der Waals surface area contributed by atoms with Crippen molar-refractivity contribution in [2.75, 3.05) is 13.7 Å². The van der Waals surface area contributed by atoms with Crippen LogP contribution in [0.15, 0.2) is 97.1 Å². The Hall–Kier alpha value is -3.06. The first-order valence-corrected chi connectivity index (χ1v) is 13.4.